The summed E-state index contributed by atoms with van der Waals surface area (Å²) in [5, 5.41) is 2.95. The van der Waals surface area contributed by atoms with Crippen LogP contribution in [0.5, 0.6) is 5.75 Å². The smallest absolute Gasteiger partial charge is 0.338 e. The van der Waals surface area contributed by atoms with Crippen LogP contribution in [0.4, 0.5) is 4.79 Å². The van der Waals surface area contributed by atoms with Gasteiger partial charge >= 0.3 is 12.0 Å². The molecule has 0 fully saturated rings. The van der Waals surface area contributed by atoms with Crippen molar-refractivity contribution in [3.8, 4) is 5.75 Å². The zero-order chi connectivity index (χ0) is 20.1. The predicted molar refractivity (Wildman–Crippen MR) is 106 cm³/mol. The van der Waals surface area contributed by atoms with Gasteiger partial charge in [-0.3, -0.25) is 4.90 Å². The maximum atomic E-state index is 12.8. The third-order valence-corrected chi connectivity index (χ3v) is 4.72. The molecule has 1 heterocycles. The van der Waals surface area contributed by atoms with E-state index in [0.29, 0.717) is 23.6 Å². The number of ether oxygens (including phenoxy) is 2. The van der Waals surface area contributed by atoms with Crippen molar-refractivity contribution in [2.24, 2.45) is 0 Å². The fraction of sp³-hybridized carbons (Fsp3) is 0.273. The van der Waals surface area contributed by atoms with Crippen molar-refractivity contribution in [1.82, 2.24) is 10.2 Å². The van der Waals surface area contributed by atoms with Gasteiger partial charge in [0.05, 0.1) is 31.9 Å². The van der Waals surface area contributed by atoms with Crippen LogP contribution in [0.2, 0.25) is 0 Å². The largest absolute Gasteiger partial charge is 0.497 e. The third kappa shape index (κ3) is 4.01. The van der Waals surface area contributed by atoms with Gasteiger partial charge < -0.3 is 14.8 Å². The molecule has 0 aliphatic carbocycles. The molecule has 3 rings (SSSR count). The van der Waals surface area contributed by atoms with Crippen LogP contribution in [0, 0.1) is 0 Å². The van der Waals surface area contributed by atoms with Gasteiger partial charge in [0.2, 0.25) is 0 Å². The quantitative estimate of drug-likeness (QED) is 0.774. The van der Waals surface area contributed by atoms with E-state index in [2.05, 4.69) is 5.32 Å². The average molecular weight is 380 g/mol. The maximum absolute atomic E-state index is 12.8. The minimum absolute atomic E-state index is 0.254. The second-order valence-electron chi connectivity index (χ2n) is 6.45. The lowest BCUT2D eigenvalue weighted by Crippen LogP contribution is -2.47. The Balaban J connectivity index is 2.00. The number of nitrogens with one attached hydrogen (secondary N) is 1. The molecular formula is C22H24N2O4. The molecule has 28 heavy (non-hydrogen) atoms. The average Bonchev–Trinajstić information content (AvgIpc) is 2.71. The first-order valence-corrected chi connectivity index (χ1v) is 9.19. The van der Waals surface area contributed by atoms with E-state index in [1.165, 1.54) is 0 Å². The van der Waals surface area contributed by atoms with Gasteiger partial charge in [0.1, 0.15) is 5.75 Å². The molecule has 1 N–H and O–H groups in total. The monoisotopic (exact) mass is 380 g/mol. The number of carbonyl (C=O) groups excluding carboxylic acids is 2. The van der Waals surface area contributed by atoms with E-state index in [0.717, 1.165) is 11.1 Å². The Morgan fingerprint density at radius 2 is 1.79 bits per heavy atom. The Hall–Kier alpha value is -3.28. The van der Waals surface area contributed by atoms with Crippen molar-refractivity contribution >= 4 is 12.0 Å². The van der Waals surface area contributed by atoms with Crippen molar-refractivity contribution < 1.29 is 19.1 Å². The molecule has 2 aromatic rings. The molecule has 6 nitrogen and oxygen atoms in total. The normalized spacial score (nSPS) is 16.6. The number of carbonyl (C=O) groups is 2. The molecular weight excluding hydrogens is 356 g/mol. The van der Waals surface area contributed by atoms with E-state index in [4.69, 9.17) is 9.47 Å². The number of benzene rings is 2. The fourth-order valence-electron chi connectivity index (χ4n) is 3.26. The lowest BCUT2D eigenvalue weighted by Gasteiger charge is -2.35. The van der Waals surface area contributed by atoms with Gasteiger partial charge in [-0.25, -0.2) is 9.59 Å². The number of nitrogens with zero attached hydrogens (tertiary/aromatic N) is 1. The standard InChI is InChI=1S/C22H24N2O4/c1-4-28-21(25)19-15(2)24(14-16-8-6-5-7-9-16)22(26)23-20(19)17-10-12-18(27-3)13-11-17/h5-13,20H,4,14H2,1-3H3,(H,23,26)/t20-/m0/s1. The number of urea groups is 1. The molecule has 0 radical (unpaired) electrons. The van der Waals surface area contributed by atoms with Crippen molar-refractivity contribution in [3.05, 3.63) is 77.0 Å². The third-order valence-electron chi connectivity index (χ3n) is 4.72. The Morgan fingerprint density at radius 1 is 1.11 bits per heavy atom. The maximum Gasteiger partial charge on any atom is 0.338 e. The first-order chi connectivity index (χ1) is 13.5. The van der Waals surface area contributed by atoms with Gasteiger partial charge in [0.25, 0.3) is 0 Å². The van der Waals surface area contributed by atoms with Gasteiger partial charge in [-0.05, 0) is 37.1 Å². The van der Waals surface area contributed by atoms with Crippen LogP contribution in [0.15, 0.2) is 65.9 Å². The predicted octanol–water partition coefficient (Wildman–Crippen LogP) is 3.80. The Labute approximate surface area is 164 Å². The fourth-order valence-corrected chi connectivity index (χ4v) is 3.26. The van der Waals surface area contributed by atoms with Crippen molar-refractivity contribution in [3.63, 3.8) is 0 Å². The lowest BCUT2D eigenvalue weighted by atomic mass is 9.94. The zero-order valence-corrected chi connectivity index (χ0v) is 16.3. The van der Waals surface area contributed by atoms with Gasteiger partial charge in [0, 0.05) is 5.70 Å². The topological polar surface area (TPSA) is 67.9 Å². The van der Waals surface area contributed by atoms with Crippen molar-refractivity contribution in [1.29, 1.82) is 0 Å². The molecule has 146 valence electrons. The molecule has 2 amide bonds. The Bertz CT molecular complexity index is 875. The van der Waals surface area contributed by atoms with E-state index in [-0.39, 0.29) is 12.6 Å². The first-order valence-electron chi connectivity index (χ1n) is 9.19. The Morgan fingerprint density at radius 3 is 2.39 bits per heavy atom. The highest BCUT2D eigenvalue weighted by atomic mass is 16.5. The molecule has 0 unspecified atom stereocenters. The van der Waals surface area contributed by atoms with E-state index in [1.807, 2.05) is 42.5 Å². The number of hydrogen-bond donors (Lipinski definition) is 1. The first kappa shape index (κ1) is 19.5. The van der Waals surface area contributed by atoms with Gasteiger partial charge in [-0.15, -0.1) is 0 Å². The van der Waals surface area contributed by atoms with Crippen LogP contribution in [0.1, 0.15) is 31.0 Å². The van der Waals surface area contributed by atoms with Gasteiger partial charge in [0.15, 0.2) is 0 Å². The zero-order valence-electron chi connectivity index (χ0n) is 16.3. The molecule has 0 spiro atoms. The number of rotatable bonds is 6. The lowest BCUT2D eigenvalue weighted by molar-refractivity contribution is -0.139. The van der Waals surface area contributed by atoms with E-state index in [9.17, 15) is 9.59 Å². The highest BCUT2D eigenvalue weighted by molar-refractivity contribution is 5.95. The summed E-state index contributed by atoms with van der Waals surface area (Å²) in [4.78, 5) is 27.2. The summed E-state index contributed by atoms with van der Waals surface area (Å²) < 4.78 is 10.5. The van der Waals surface area contributed by atoms with Crippen LogP contribution >= 0.6 is 0 Å². The number of methoxy groups -OCH3 is 1. The number of esters is 1. The summed E-state index contributed by atoms with van der Waals surface area (Å²) in [5.74, 6) is 0.272. The second kappa shape index (κ2) is 8.61. The summed E-state index contributed by atoms with van der Waals surface area (Å²) in [6.07, 6.45) is 0. The van der Waals surface area contributed by atoms with Gasteiger partial charge in [-0.1, -0.05) is 42.5 Å². The molecule has 1 atom stereocenters. The van der Waals surface area contributed by atoms with Crippen LogP contribution in [0.3, 0.4) is 0 Å². The summed E-state index contributed by atoms with van der Waals surface area (Å²) in [6.45, 7) is 4.18. The molecule has 2 aromatic carbocycles. The van der Waals surface area contributed by atoms with E-state index >= 15 is 0 Å². The second-order valence-corrected chi connectivity index (χ2v) is 6.45. The molecule has 1 aliphatic heterocycles. The van der Waals surface area contributed by atoms with Crippen LogP contribution in [-0.2, 0) is 16.1 Å². The minimum Gasteiger partial charge on any atom is -0.497 e. The van der Waals surface area contributed by atoms with E-state index in [1.54, 1.807) is 38.0 Å². The summed E-state index contributed by atoms with van der Waals surface area (Å²) in [5.41, 5.74) is 2.79. The summed E-state index contributed by atoms with van der Waals surface area (Å²) in [6, 6.07) is 16.1. The highest BCUT2D eigenvalue weighted by Gasteiger charge is 2.36. The van der Waals surface area contributed by atoms with Crippen LogP contribution in [-0.4, -0.2) is 30.6 Å². The molecule has 0 saturated heterocycles. The molecule has 0 bridgehead atoms. The van der Waals surface area contributed by atoms with Crippen molar-refractivity contribution in [2.45, 2.75) is 26.4 Å². The molecule has 6 heteroatoms. The number of amides is 2. The van der Waals surface area contributed by atoms with Crippen LogP contribution < -0.4 is 10.1 Å². The molecule has 0 aromatic heterocycles. The van der Waals surface area contributed by atoms with E-state index < -0.39 is 12.0 Å². The highest BCUT2D eigenvalue weighted by Crippen LogP contribution is 2.32. The summed E-state index contributed by atoms with van der Waals surface area (Å²) >= 11 is 0. The van der Waals surface area contributed by atoms with Crippen LogP contribution in [0.25, 0.3) is 0 Å². The minimum atomic E-state index is -0.579. The number of allylic oxidation sites excluding steroid dienone is 1. The Kier molecular flexibility index (Phi) is 5.99. The SMILES string of the molecule is CCOC(=O)C1=C(C)N(Cc2ccccc2)C(=O)N[C@H]1c1ccc(OC)cc1. The van der Waals surface area contributed by atoms with Crippen molar-refractivity contribution in [2.75, 3.05) is 13.7 Å². The number of hydrogen-bond acceptors (Lipinski definition) is 4. The summed E-state index contributed by atoms with van der Waals surface area (Å²) in [7, 11) is 1.59. The molecule has 1 aliphatic rings. The molecule has 0 saturated carbocycles. The van der Waals surface area contributed by atoms with Gasteiger partial charge in [-0.2, -0.15) is 0 Å².